The predicted octanol–water partition coefficient (Wildman–Crippen LogP) is 1.01. The predicted molar refractivity (Wildman–Crippen MR) is 66.3 cm³/mol. The van der Waals surface area contributed by atoms with Crippen LogP contribution in [-0.4, -0.2) is 62.2 Å². The molecule has 0 aromatic carbocycles. The van der Waals surface area contributed by atoms with E-state index >= 15 is 0 Å². The number of nitrogens with one attached hydrogen (secondary N) is 1. The van der Waals surface area contributed by atoms with E-state index in [1.807, 2.05) is 0 Å². The second-order valence-electron chi connectivity index (χ2n) is 5.17. The zero-order chi connectivity index (χ0) is 11.3. The molecule has 1 rings (SSSR count). The molecule has 1 heterocycles. The molecule has 0 aliphatic carbocycles. The van der Waals surface area contributed by atoms with Crippen molar-refractivity contribution in [3.05, 3.63) is 0 Å². The summed E-state index contributed by atoms with van der Waals surface area (Å²) < 4.78 is 0. The van der Waals surface area contributed by atoms with E-state index in [1.54, 1.807) is 0 Å². The first kappa shape index (κ1) is 12.9. The van der Waals surface area contributed by atoms with Gasteiger partial charge in [0.15, 0.2) is 0 Å². The molecule has 0 saturated carbocycles. The molecule has 1 aliphatic heterocycles. The number of piperidine rings is 1. The molecule has 1 fully saturated rings. The summed E-state index contributed by atoms with van der Waals surface area (Å²) in [4.78, 5) is 4.95. The average Bonchev–Trinajstić information content (AvgIpc) is 2.17. The maximum absolute atomic E-state index is 3.48. The fraction of sp³-hybridized carbons (Fsp3) is 1.00. The molecule has 90 valence electrons. The number of rotatable bonds is 5. The lowest BCUT2D eigenvalue weighted by molar-refractivity contribution is 0.133. The first-order valence-electron chi connectivity index (χ1n) is 6.21. The van der Waals surface area contributed by atoms with Crippen molar-refractivity contribution in [1.29, 1.82) is 0 Å². The molecule has 0 bridgehead atoms. The van der Waals surface area contributed by atoms with Gasteiger partial charge in [-0.05, 0) is 33.5 Å². The zero-order valence-corrected chi connectivity index (χ0v) is 10.8. The summed E-state index contributed by atoms with van der Waals surface area (Å²) in [5.41, 5.74) is 0. The summed E-state index contributed by atoms with van der Waals surface area (Å²) in [5.74, 6) is 0. The Kier molecular flexibility index (Phi) is 5.58. The Hall–Kier alpha value is -0.120. The normalized spacial score (nSPS) is 24.0. The van der Waals surface area contributed by atoms with Crippen LogP contribution in [0.4, 0.5) is 0 Å². The highest BCUT2D eigenvalue weighted by Crippen LogP contribution is 2.12. The minimum atomic E-state index is 0.611. The van der Waals surface area contributed by atoms with Crippen LogP contribution in [-0.2, 0) is 0 Å². The van der Waals surface area contributed by atoms with Crippen molar-refractivity contribution >= 4 is 0 Å². The molecule has 1 unspecified atom stereocenters. The lowest BCUT2D eigenvalue weighted by Crippen LogP contribution is -2.47. The van der Waals surface area contributed by atoms with Gasteiger partial charge in [0.1, 0.15) is 0 Å². The summed E-state index contributed by atoms with van der Waals surface area (Å²) in [6, 6.07) is 1.37. The molecule has 0 aromatic rings. The summed E-state index contributed by atoms with van der Waals surface area (Å²) in [6.07, 6.45) is 2.71. The minimum absolute atomic E-state index is 0.611. The van der Waals surface area contributed by atoms with E-state index in [-0.39, 0.29) is 0 Å². The molecule has 1 saturated heterocycles. The van der Waals surface area contributed by atoms with Crippen LogP contribution in [0.15, 0.2) is 0 Å². The third-order valence-electron chi connectivity index (χ3n) is 3.19. The Morgan fingerprint density at radius 1 is 1.40 bits per heavy atom. The smallest absolute Gasteiger partial charge is 0.0217 e. The van der Waals surface area contributed by atoms with Gasteiger partial charge < -0.3 is 15.1 Å². The van der Waals surface area contributed by atoms with Gasteiger partial charge in [-0.3, -0.25) is 0 Å². The van der Waals surface area contributed by atoms with E-state index in [1.165, 1.54) is 32.5 Å². The lowest BCUT2D eigenvalue weighted by atomic mass is 10.1. The zero-order valence-electron chi connectivity index (χ0n) is 10.8. The monoisotopic (exact) mass is 213 g/mol. The van der Waals surface area contributed by atoms with E-state index in [0.29, 0.717) is 6.04 Å². The van der Waals surface area contributed by atoms with Crippen molar-refractivity contribution in [3.63, 3.8) is 0 Å². The van der Waals surface area contributed by atoms with Crippen molar-refractivity contribution < 1.29 is 0 Å². The highest BCUT2D eigenvalue weighted by Gasteiger charge is 2.20. The lowest BCUT2D eigenvalue weighted by Gasteiger charge is -2.36. The third kappa shape index (κ3) is 4.96. The number of hydrogen-bond donors (Lipinski definition) is 1. The highest BCUT2D eigenvalue weighted by atomic mass is 15.2. The van der Waals surface area contributed by atoms with Crippen LogP contribution in [0.25, 0.3) is 0 Å². The molecule has 15 heavy (non-hydrogen) atoms. The summed E-state index contributed by atoms with van der Waals surface area (Å²) >= 11 is 0. The maximum atomic E-state index is 3.48. The van der Waals surface area contributed by atoms with Gasteiger partial charge in [0.05, 0.1) is 0 Å². The van der Waals surface area contributed by atoms with Crippen LogP contribution in [0.3, 0.4) is 0 Å². The SMILES string of the molecule is CC(C)NCCN1CCCC(N(C)C)C1. The molecule has 1 N–H and O–H groups in total. The van der Waals surface area contributed by atoms with E-state index in [0.717, 1.165) is 12.6 Å². The Morgan fingerprint density at radius 3 is 2.73 bits per heavy atom. The third-order valence-corrected chi connectivity index (χ3v) is 3.19. The second-order valence-corrected chi connectivity index (χ2v) is 5.17. The number of likely N-dealkylation sites (tertiary alicyclic amines) is 1. The van der Waals surface area contributed by atoms with Crippen molar-refractivity contribution in [2.75, 3.05) is 40.3 Å². The van der Waals surface area contributed by atoms with Gasteiger partial charge >= 0.3 is 0 Å². The van der Waals surface area contributed by atoms with Gasteiger partial charge in [-0.2, -0.15) is 0 Å². The summed E-state index contributed by atoms with van der Waals surface area (Å²) in [5, 5.41) is 3.48. The molecule has 3 heteroatoms. The van der Waals surface area contributed by atoms with Crippen LogP contribution in [0.1, 0.15) is 26.7 Å². The highest BCUT2D eigenvalue weighted by molar-refractivity contribution is 4.78. The van der Waals surface area contributed by atoms with Crippen LogP contribution >= 0.6 is 0 Å². The molecule has 0 amide bonds. The summed E-state index contributed by atoms with van der Waals surface area (Å²) in [6.45, 7) is 9.26. The van der Waals surface area contributed by atoms with Gasteiger partial charge in [-0.1, -0.05) is 13.8 Å². The Bertz CT molecular complexity index is 168. The number of likely N-dealkylation sites (N-methyl/N-ethyl adjacent to an activating group) is 1. The van der Waals surface area contributed by atoms with E-state index < -0.39 is 0 Å². The minimum Gasteiger partial charge on any atom is -0.313 e. The van der Waals surface area contributed by atoms with E-state index in [4.69, 9.17) is 0 Å². The fourth-order valence-corrected chi connectivity index (χ4v) is 2.17. The first-order chi connectivity index (χ1) is 7.09. The molecule has 1 aliphatic rings. The van der Waals surface area contributed by atoms with Crippen molar-refractivity contribution in [3.8, 4) is 0 Å². The molecule has 1 atom stereocenters. The Labute approximate surface area is 94.8 Å². The summed E-state index contributed by atoms with van der Waals surface area (Å²) in [7, 11) is 4.39. The van der Waals surface area contributed by atoms with E-state index in [9.17, 15) is 0 Å². The Morgan fingerprint density at radius 2 is 2.13 bits per heavy atom. The number of nitrogens with zero attached hydrogens (tertiary/aromatic N) is 2. The van der Waals surface area contributed by atoms with Gasteiger partial charge in [0.2, 0.25) is 0 Å². The van der Waals surface area contributed by atoms with Crippen LogP contribution in [0.2, 0.25) is 0 Å². The topological polar surface area (TPSA) is 18.5 Å². The Balaban J connectivity index is 2.18. The fourth-order valence-electron chi connectivity index (χ4n) is 2.17. The molecule has 0 aromatic heterocycles. The van der Waals surface area contributed by atoms with Crippen molar-refractivity contribution in [2.24, 2.45) is 0 Å². The number of hydrogen-bond acceptors (Lipinski definition) is 3. The largest absolute Gasteiger partial charge is 0.313 e. The quantitative estimate of drug-likeness (QED) is 0.735. The average molecular weight is 213 g/mol. The standard InChI is InChI=1S/C12H27N3/c1-11(2)13-7-9-15-8-5-6-12(10-15)14(3)4/h11-13H,5-10H2,1-4H3. The molecule has 0 spiro atoms. The molecule has 0 radical (unpaired) electrons. The molecule has 3 nitrogen and oxygen atoms in total. The molecular weight excluding hydrogens is 186 g/mol. The van der Waals surface area contributed by atoms with Gasteiger partial charge in [0, 0.05) is 31.7 Å². The van der Waals surface area contributed by atoms with Gasteiger partial charge in [-0.25, -0.2) is 0 Å². The van der Waals surface area contributed by atoms with Crippen LogP contribution in [0.5, 0.6) is 0 Å². The second kappa shape index (κ2) is 6.46. The van der Waals surface area contributed by atoms with Gasteiger partial charge in [-0.15, -0.1) is 0 Å². The van der Waals surface area contributed by atoms with Crippen molar-refractivity contribution in [1.82, 2.24) is 15.1 Å². The van der Waals surface area contributed by atoms with Crippen molar-refractivity contribution in [2.45, 2.75) is 38.8 Å². The van der Waals surface area contributed by atoms with Gasteiger partial charge in [0.25, 0.3) is 0 Å². The van der Waals surface area contributed by atoms with E-state index in [2.05, 4.69) is 43.1 Å². The first-order valence-corrected chi connectivity index (χ1v) is 6.21. The van der Waals surface area contributed by atoms with Crippen LogP contribution < -0.4 is 5.32 Å². The van der Waals surface area contributed by atoms with Crippen LogP contribution in [0, 0.1) is 0 Å². The maximum Gasteiger partial charge on any atom is 0.0217 e. The molecular formula is C12H27N3.